The van der Waals surface area contributed by atoms with Gasteiger partial charge < -0.3 is 0 Å². The van der Waals surface area contributed by atoms with Gasteiger partial charge in [-0.1, -0.05) is 127 Å². The highest BCUT2D eigenvalue weighted by Crippen LogP contribution is 2.60. The lowest BCUT2D eigenvalue weighted by Gasteiger charge is -2.57. The second kappa shape index (κ2) is 13.3. The molecule has 260 valence electrons. The zero-order valence-electron chi connectivity index (χ0n) is 30.2. The summed E-state index contributed by atoms with van der Waals surface area (Å²) in [5.41, 5.74) is 11.9. The molecule has 1 heterocycles. The summed E-state index contributed by atoms with van der Waals surface area (Å²) >= 11 is 0. The first-order chi connectivity index (χ1) is 26.6. The minimum absolute atomic E-state index is 0.384. The van der Waals surface area contributed by atoms with Crippen LogP contribution in [0.2, 0.25) is 0 Å². The van der Waals surface area contributed by atoms with Gasteiger partial charge in [-0.05, 0) is 125 Å². The van der Waals surface area contributed by atoms with Crippen LogP contribution in [0.5, 0.6) is 0 Å². The molecule has 4 heteroatoms. The van der Waals surface area contributed by atoms with Gasteiger partial charge in [-0.3, -0.25) is 0 Å². The molecule has 0 radical (unpaired) electrons. The van der Waals surface area contributed by atoms with E-state index in [4.69, 9.17) is 21.5 Å². The van der Waals surface area contributed by atoms with Gasteiger partial charge in [-0.25, -0.2) is 19.8 Å². The van der Waals surface area contributed by atoms with E-state index in [2.05, 4.69) is 126 Å². The third-order valence-electron chi connectivity index (χ3n) is 12.3. The first-order valence-corrected chi connectivity index (χ1v) is 19.3. The second-order valence-electron chi connectivity index (χ2n) is 15.8. The summed E-state index contributed by atoms with van der Waals surface area (Å²) in [5, 5.41) is 0. The van der Waals surface area contributed by atoms with Crippen LogP contribution in [0.25, 0.3) is 72.4 Å². The van der Waals surface area contributed by atoms with E-state index in [-0.39, 0.29) is 0 Å². The van der Waals surface area contributed by atoms with Gasteiger partial charge in [0.25, 0.3) is 0 Å². The fourth-order valence-corrected chi connectivity index (χ4v) is 10.2. The molecule has 0 atom stereocenters. The molecule has 0 aliphatic heterocycles. The van der Waals surface area contributed by atoms with Crippen molar-refractivity contribution in [3.8, 4) is 67.5 Å². The monoisotopic (exact) mass is 696 g/mol. The van der Waals surface area contributed by atoms with Crippen molar-refractivity contribution in [1.82, 2.24) is 15.0 Å². The zero-order chi connectivity index (χ0) is 36.1. The highest BCUT2D eigenvalue weighted by atomic mass is 15.0. The van der Waals surface area contributed by atoms with Crippen molar-refractivity contribution >= 4 is 5.69 Å². The maximum absolute atomic E-state index is 7.65. The predicted octanol–water partition coefficient (Wildman–Crippen LogP) is 12.9. The maximum Gasteiger partial charge on any atom is 0.187 e. The van der Waals surface area contributed by atoms with E-state index >= 15 is 0 Å². The van der Waals surface area contributed by atoms with Gasteiger partial charge in [-0.2, -0.15) is 0 Å². The fraction of sp³-hybridized carbons (Fsp3) is 0.200. The Balaban J connectivity index is 1.08. The summed E-state index contributed by atoms with van der Waals surface area (Å²) in [6, 6.07) is 53.0. The lowest BCUT2D eigenvalue weighted by Crippen LogP contribution is -2.48. The minimum Gasteiger partial charge on any atom is -0.238 e. The summed E-state index contributed by atoms with van der Waals surface area (Å²) < 4.78 is 0. The van der Waals surface area contributed by atoms with Crippen molar-refractivity contribution < 1.29 is 0 Å². The molecule has 0 spiro atoms. The van der Waals surface area contributed by atoms with Crippen molar-refractivity contribution in [3.05, 3.63) is 169 Å². The van der Waals surface area contributed by atoms with Crippen LogP contribution in [0.4, 0.5) is 5.69 Å². The average molecular weight is 697 g/mol. The summed E-state index contributed by atoms with van der Waals surface area (Å²) in [6.07, 6.45) is 8.51. The molecule has 0 amide bonds. The average Bonchev–Trinajstić information content (AvgIpc) is 3.23. The van der Waals surface area contributed by atoms with Gasteiger partial charge >= 0.3 is 0 Å². The Morgan fingerprint density at radius 2 is 0.926 bits per heavy atom. The predicted molar refractivity (Wildman–Crippen MR) is 219 cm³/mol. The van der Waals surface area contributed by atoms with Crippen LogP contribution in [0.3, 0.4) is 0 Å². The molecule has 4 nitrogen and oxygen atoms in total. The molecule has 11 rings (SSSR count). The van der Waals surface area contributed by atoms with Crippen LogP contribution in [0.1, 0.15) is 44.1 Å². The Hall–Kier alpha value is -6.18. The smallest absolute Gasteiger partial charge is 0.187 e. The van der Waals surface area contributed by atoms with Crippen LogP contribution >= 0.6 is 0 Å². The van der Waals surface area contributed by atoms with Gasteiger partial charge in [0, 0.05) is 16.7 Å². The summed E-state index contributed by atoms with van der Waals surface area (Å²) in [7, 11) is 0. The molecular formula is C50H40N4. The van der Waals surface area contributed by atoms with Crippen molar-refractivity contribution in [2.75, 3.05) is 0 Å². The molecule has 4 aliphatic carbocycles. The van der Waals surface area contributed by atoms with Crippen molar-refractivity contribution in [2.24, 2.45) is 17.8 Å². The number of hydrogen-bond donors (Lipinski definition) is 0. The van der Waals surface area contributed by atoms with Crippen LogP contribution in [0, 0.1) is 24.3 Å². The molecule has 4 bridgehead atoms. The summed E-state index contributed by atoms with van der Waals surface area (Å²) in [4.78, 5) is 19.0. The Labute approximate surface area is 317 Å². The first kappa shape index (κ1) is 32.5. The molecule has 4 saturated carbocycles. The normalized spacial score (nSPS) is 21.1. The number of benzene rings is 6. The fourth-order valence-electron chi connectivity index (χ4n) is 10.2. The van der Waals surface area contributed by atoms with E-state index < -0.39 is 0 Å². The van der Waals surface area contributed by atoms with E-state index in [1.54, 1.807) is 5.56 Å². The van der Waals surface area contributed by atoms with Crippen molar-refractivity contribution in [3.63, 3.8) is 0 Å². The third-order valence-corrected chi connectivity index (χ3v) is 12.3. The van der Waals surface area contributed by atoms with Crippen molar-refractivity contribution in [1.29, 1.82) is 0 Å². The molecule has 0 unspecified atom stereocenters. The molecule has 1 aromatic heterocycles. The number of nitrogens with zero attached hydrogens (tertiary/aromatic N) is 4. The quantitative estimate of drug-likeness (QED) is 0.156. The number of hydrogen-bond acceptors (Lipinski definition) is 3. The molecule has 4 fully saturated rings. The van der Waals surface area contributed by atoms with Gasteiger partial charge in [-0.15, -0.1) is 0 Å². The first-order valence-electron chi connectivity index (χ1n) is 19.3. The van der Waals surface area contributed by atoms with Crippen LogP contribution in [-0.4, -0.2) is 15.0 Å². The van der Waals surface area contributed by atoms with Gasteiger partial charge in [0.05, 0.1) is 6.57 Å². The van der Waals surface area contributed by atoms with Crippen molar-refractivity contribution in [2.45, 2.75) is 43.9 Å². The van der Waals surface area contributed by atoms with E-state index in [9.17, 15) is 0 Å². The topological polar surface area (TPSA) is 43.0 Å². The molecule has 0 saturated heterocycles. The molecular weight excluding hydrogens is 657 g/mol. The highest BCUT2D eigenvalue weighted by molar-refractivity contribution is 5.86. The lowest BCUT2D eigenvalue weighted by molar-refractivity contribution is -0.00518. The third kappa shape index (κ3) is 6.00. The highest BCUT2D eigenvalue weighted by Gasteiger charge is 2.51. The Bertz CT molecular complexity index is 2500. The second-order valence-corrected chi connectivity index (χ2v) is 15.8. The number of rotatable bonds is 7. The SMILES string of the molecule is [C-]#[N+]c1cccc(-c2nc(-c3cccc(-c4ccccc4)c3)nc(-c3ccc(-c4ccc(C56CC7CC(CC(C7)C5)C6)cc4)cc3-c3ccccc3)n2)c1. The Morgan fingerprint density at radius 3 is 1.57 bits per heavy atom. The van der Waals surface area contributed by atoms with E-state index in [0.717, 1.165) is 56.7 Å². The van der Waals surface area contributed by atoms with E-state index in [1.165, 1.54) is 49.7 Å². The lowest BCUT2D eigenvalue weighted by atomic mass is 9.48. The standard InChI is InChI=1S/C50H40N4/c1-51-44-17-9-16-42(28-44)48-52-47(41-15-8-14-39(27-41)36-10-4-2-5-11-36)53-49(54-48)45-23-20-40(29-46(45)38-12-6-3-7-13-38)37-18-21-43(22-19-37)50-30-33-24-34(31-50)26-35(25-33)32-50/h2-23,27-29,33-35H,24-26,30-32H2. The zero-order valence-corrected chi connectivity index (χ0v) is 30.2. The Morgan fingerprint density at radius 1 is 0.426 bits per heavy atom. The van der Waals surface area contributed by atoms with E-state index in [0.29, 0.717) is 28.6 Å². The summed E-state index contributed by atoms with van der Waals surface area (Å²) in [5.74, 6) is 4.50. The Kier molecular flexibility index (Phi) is 8.02. The molecule has 4 aliphatic rings. The van der Waals surface area contributed by atoms with Crippen LogP contribution in [-0.2, 0) is 5.41 Å². The molecule has 0 N–H and O–H groups in total. The molecule has 6 aromatic carbocycles. The van der Waals surface area contributed by atoms with E-state index in [1.807, 2.05) is 30.3 Å². The van der Waals surface area contributed by atoms with Crippen LogP contribution < -0.4 is 0 Å². The molecule has 54 heavy (non-hydrogen) atoms. The maximum atomic E-state index is 7.65. The largest absolute Gasteiger partial charge is 0.238 e. The van der Waals surface area contributed by atoms with Gasteiger partial charge in [0.2, 0.25) is 0 Å². The summed E-state index contributed by atoms with van der Waals surface area (Å²) in [6.45, 7) is 7.65. The van der Waals surface area contributed by atoms with Crippen LogP contribution in [0.15, 0.2) is 152 Å². The van der Waals surface area contributed by atoms with Gasteiger partial charge in [0.1, 0.15) is 0 Å². The molecule has 7 aromatic rings. The van der Waals surface area contributed by atoms with Gasteiger partial charge in [0.15, 0.2) is 23.2 Å². The minimum atomic E-state index is 0.384. The number of aromatic nitrogens is 3.